The molecule has 4 nitrogen and oxygen atoms in total. The lowest BCUT2D eigenvalue weighted by Crippen LogP contribution is -2.28. The van der Waals surface area contributed by atoms with Crippen molar-refractivity contribution in [1.29, 1.82) is 0 Å². The van der Waals surface area contributed by atoms with Crippen molar-refractivity contribution in [2.45, 2.75) is 32.9 Å². The van der Waals surface area contributed by atoms with Crippen LogP contribution in [0.3, 0.4) is 0 Å². The molecule has 0 saturated heterocycles. The first-order valence-corrected chi connectivity index (χ1v) is 8.38. The molecule has 0 spiro atoms. The molecule has 2 aromatic heterocycles. The van der Waals surface area contributed by atoms with E-state index in [1.54, 1.807) is 0 Å². The fourth-order valence-electron chi connectivity index (χ4n) is 2.62. The fraction of sp³-hybridized carbons (Fsp3) is 0.294. The van der Waals surface area contributed by atoms with Crippen LogP contribution in [0.1, 0.15) is 41.8 Å². The normalized spacial score (nSPS) is 12.5. The number of para-hydroxylation sites is 2. The van der Waals surface area contributed by atoms with E-state index in [9.17, 15) is 4.79 Å². The second-order valence-electron chi connectivity index (χ2n) is 5.28. The summed E-state index contributed by atoms with van der Waals surface area (Å²) in [4.78, 5) is 17.7. The first-order valence-electron chi connectivity index (χ1n) is 7.50. The van der Waals surface area contributed by atoms with Gasteiger partial charge in [0, 0.05) is 6.54 Å². The van der Waals surface area contributed by atoms with E-state index in [0.717, 1.165) is 34.7 Å². The molecular formula is C17H19N3OS. The molecule has 1 amide bonds. The lowest BCUT2D eigenvalue weighted by molar-refractivity contribution is 0.0942. The van der Waals surface area contributed by atoms with Crippen LogP contribution in [0.15, 0.2) is 41.8 Å². The van der Waals surface area contributed by atoms with Crippen LogP contribution in [0.4, 0.5) is 0 Å². The Morgan fingerprint density at radius 3 is 2.86 bits per heavy atom. The average Bonchev–Trinajstić information content (AvgIpc) is 3.16. The third-order valence-corrected chi connectivity index (χ3v) is 4.48. The molecule has 3 aromatic rings. The van der Waals surface area contributed by atoms with E-state index in [-0.39, 0.29) is 11.9 Å². The van der Waals surface area contributed by atoms with Crippen molar-refractivity contribution in [3.8, 4) is 0 Å². The van der Waals surface area contributed by atoms with Gasteiger partial charge in [-0.1, -0.05) is 25.1 Å². The molecule has 0 aliphatic heterocycles. The van der Waals surface area contributed by atoms with Crippen molar-refractivity contribution in [3.05, 3.63) is 52.5 Å². The molecule has 1 N–H and O–H groups in total. The van der Waals surface area contributed by atoms with Gasteiger partial charge in [0.05, 0.1) is 22.0 Å². The highest BCUT2D eigenvalue weighted by Crippen LogP contribution is 2.22. The van der Waals surface area contributed by atoms with E-state index in [1.807, 2.05) is 42.6 Å². The Kier molecular flexibility index (Phi) is 4.24. The van der Waals surface area contributed by atoms with Crippen molar-refractivity contribution in [3.63, 3.8) is 0 Å². The molecule has 1 aromatic carbocycles. The molecule has 3 rings (SSSR count). The summed E-state index contributed by atoms with van der Waals surface area (Å²) in [6.07, 6.45) is 1.03. The number of nitrogens with zero attached hydrogens (tertiary/aromatic N) is 2. The number of nitrogens with one attached hydrogen (secondary N) is 1. The van der Waals surface area contributed by atoms with Crippen LogP contribution >= 0.6 is 11.3 Å². The molecule has 0 saturated carbocycles. The Bertz CT molecular complexity index is 776. The molecule has 1 unspecified atom stereocenters. The number of rotatable bonds is 5. The average molecular weight is 313 g/mol. The summed E-state index contributed by atoms with van der Waals surface area (Å²) in [5.74, 6) is 0.866. The number of hydrogen-bond donors (Lipinski definition) is 1. The minimum atomic E-state index is -0.131. The van der Waals surface area contributed by atoms with Gasteiger partial charge >= 0.3 is 0 Å². The summed E-state index contributed by atoms with van der Waals surface area (Å²) in [5.41, 5.74) is 2.10. The molecule has 0 bridgehead atoms. The Balaban J connectivity index is 1.91. The van der Waals surface area contributed by atoms with Gasteiger partial charge in [-0.3, -0.25) is 4.79 Å². The second-order valence-corrected chi connectivity index (χ2v) is 6.23. The van der Waals surface area contributed by atoms with E-state index in [0.29, 0.717) is 0 Å². The number of carbonyl (C=O) groups excluding carboxylic acids is 1. The van der Waals surface area contributed by atoms with Gasteiger partial charge in [-0.25, -0.2) is 4.98 Å². The number of fused-ring (bicyclic) bond motifs is 1. The Labute approximate surface area is 133 Å². The molecule has 5 heteroatoms. The number of thiophene rings is 1. The van der Waals surface area contributed by atoms with E-state index in [4.69, 9.17) is 4.98 Å². The van der Waals surface area contributed by atoms with Gasteiger partial charge < -0.3 is 9.88 Å². The zero-order valence-electron chi connectivity index (χ0n) is 12.7. The van der Waals surface area contributed by atoms with Crippen LogP contribution in [-0.2, 0) is 6.54 Å². The van der Waals surface area contributed by atoms with Gasteiger partial charge in [-0.2, -0.15) is 0 Å². The highest BCUT2D eigenvalue weighted by molar-refractivity contribution is 7.12. The van der Waals surface area contributed by atoms with Crippen molar-refractivity contribution < 1.29 is 4.79 Å². The molecule has 0 radical (unpaired) electrons. The number of hydrogen-bond acceptors (Lipinski definition) is 3. The lowest BCUT2D eigenvalue weighted by Gasteiger charge is -2.15. The number of benzene rings is 1. The number of amides is 1. The van der Waals surface area contributed by atoms with Gasteiger partial charge in [-0.15, -0.1) is 11.3 Å². The van der Waals surface area contributed by atoms with Gasteiger partial charge in [0.2, 0.25) is 0 Å². The van der Waals surface area contributed by atoms with Crippen molar-refractivity contribution in [2.24, 2.45) is 0 Å². The van der Waals surface area contributed by atoms with Gasteiger partial charge in [-0.05, 0) is 36.9 Å². The zero-order chi connectivity index (χ0) is 15.5. The predicted molar refractivity (Wildman–Crippen MR) is 90.2 cm³/mol. The second kappa shape index (κ2) is 6.32. The maximum Gasteiger partial charge on any atom is 0.261 e. The summed E-state index contributed by atoms with van der Waals surface area (Å²) in [6.45, 7) is 5.03. The molecule has 0 fully saturated rings. The minimum absolute atomic E-state index is 0.0439. The van der Waals surface area contributed by atoms with Crippen LogP contribution in [-0.4, -0.2) is 15.5 Å². The van der Waals surface area contributed by atoms with E-state index >= 15 is 0 Å². The summed E-state index contributed by atoms with van der Waals surface area (Å²) in [7, 11) is 0. The van der Waals surface area contributed by atoms with E-state index < -0.39 is 0 Å². The van der Waals surface area contributed by atoms with Crippen LogP contribution in [0.25, 0.3) is 11.0 Å². The van der Waals surface area contributed by atoms with Gasteiger partial charge in [0.25, 0.3) is 5.91 Å². The van der Waals surface area contributed by atoms with Gasteiger partial charge in [0.15, 0.2) is 0 Å². The zero-order valence-corrected chi connectivity index (χ0v) is 13.6. The fourth-order valence-corrected chi connectivity index (χ4v) is 3.25. The van der Waals surface area contributed by atoms with Crippen LogP contribution in [0, 0.1) is 0 Å². The molecule has 0 aliphatic rings. The molecule has 1 atom stereocenters. The molecular weight excluding hydrogens is 294 g/mol. The highest BCUT2D eigenvalue weighted by Gasteiger charge is 2.18. The number of aryl methyl sites for hydroxylation is 1. The Hall–Kier alpha value is -2.14. The number of carbonyl (C=O) groups is 1. The van der Waals surface area contributed by atoms with E-state index in [2.05, 4.69) is 22.9 Å². The lowest BCUT2D eigenvalue weighted by atomic mass is 10.3. The minimum Gasteiger partial charge on any atom is -0.342 e. The van der Waals surface area contributed by atoms with Crippen molar-refractivity contribution in [2.75, 3.05) is 0 Å². The van der Waals surface area contributed by atoms with Crippen LogP contribution < -0.4 is 5.32 Å². The molecule has 0 aliphatic carbocycles. The third kappa shape index (κ3) is 2.76. The van der Waals surface area contributed by atoms with Crippen molar-refractivity contribution in [1.82, 2.24) is 14.9 Å². The number of aromatic nitrogens is 2. The smallest absolute Gasteiger partial charge is 0.261 e. The third-order valence-electron chi connectivity index (χ3n) is 3.61. The maximum absolute atomic E-state index is 12.2. The molecule has 114 valence electrons. The van der Waals surface area contributed by atoms with Crippen LogP contribution in [0.2, 0.25) is 0 Å². The van der Waals surface area contributed by atoms with Crippen LogP contribution in [0.5, 0.6) is 0 Å². The predicted octanol–water partition coefficient (Wildman–Crippen LogP) is 4.00. The summed E-state index contributed by atoms with van der Waals surface area (Å²) < 4.78 is 2.20. The van der Waals surface area contributed by atoms with Crippen molar-refractivity contribution >= 4 is 28.3 Å². The largest absolute Gasteiger partial charge is 0.342 e. The van der Waals surface area contributed by atoms with Gasteiger partial charge in [0.1, 0.15) is 5.82 Å². The number of imidazole rings is 1. The highest BCUT2D eigenvalue weighted by atomic mass is 32.1. The quantitative estimate of drug-likeness (QED) is 0.774. The van der Waals surface area contributed by atoms with E-state index in [1.165, 1.54) is 11.3 Å². The Morgan fingerprint density at radius 2 is 2.14 bits per heavy atom. The summed E-state index contributed by atoms with van der Waals surface area (Å²) in [6, 6.07) is 11.7. The standard InChI is InChI=1S/C17H19N3OS/c1-3-10-20-14-8-5-4-7-13(14)19-16(20)12(2)18-17(21)15-9-6-11-22-15/h4-9,11-12H,3,10H2,1-2H3,(H,18,21). The topological polar surface area (TPSA) is 46.9 Å². The SMILES string of the molecule is CCCn1c(C(C)NC(=O)c2cccs2)nc2ccccc21. The Morgan fingerprint density at radius 1 is 1.32 bits per heavy atom. The first-order chi connectivity index (χ1) is 10.7. The summed E-state index contributed by atoms with van der Waals surface area (Å²) in [5, 5.41) is 4.96. The first kappa shape index (κ1) is 14.8. The summed E-state index contributed by atoms with van der Waals surface area (Å²) >= 11 is 1.45. The maximum atomic E-state index is 12.2. The molecule has 2 heterocycles. The monoisotopic (exact) mass is 313 g/mol. The molecule has 22 heavy (non-hydrogen) atoms.